The van der Waals surface area contributed by atoms with E-state index in [-0.39, 0.29) is 44.3 Å². The normalized spacial score (nSPS) is 15.9. The van der Waals surface area contributed by atoms with Crippen molar-refractivity contribution in [3.8, 4) is 5.75 Å². The number of oxazole rings is 1. The molecule has 0 aliphatic carbocycles. The molecule has 0 spiro atoms. The average Bonchev–Trinajstić information content (AvgIpc) is 3.42. The molecule has 0 bridgehead atoms. The summed E-state index contributed by atoms with van der Waals surface area (Å²) in [5.74, 6) is 1.87. The van der Waals surface area contributed by atoms with Crippen molar-refractivity contribution in [1.82, 2.24) is 19.8 Å². The van der Waals surface area contributed by atoms with Gasteiger partial charge in [-0.05, 0) is 42.2 Å². The Hall–Kier alpha value is -3.12. The first-order chi connectivity index (χ1) is 18.9. The second kappa shape index (κ2) is 13.5. The van der Waals surface area contributed by atoms with E-state index in [1.807, 2.05) is 12.1 Å². The summed E-state index contributed by atoms with van der Waals surface area (Å²) in [6.45, 7) is 4.98. The monoisotopic (exact) mass is 587 g/mol. The fourth-order valence-electron chi connectivity index (χ4n) is 4.93. The van der Waals surface area contributed by atoms with Crippen molar-refractivity contribution in [2.45, 2.75) is 51.5 Å². The zero-order valence-electron chi connectivity index (χ0n) is 22.3. The standard InChI is InChI=1S/C28H32ClN5O5.H2S/c1-18(35)34-13-21(14-34)32-27-10-19(6-8-31-27)25(37)4-3-22(36)15-33-9-7-24-20(12-33)2-5-26(28(24)29)38-16-23-11-30-17-39-23;/h2,5-6,8,10-11,17,21-22,36H,3-4,7,9,12-16H2,1H3,(H,31,32);1H2/t22-;/m0./s1. The van der Waals surface area contributed by atoms with Gasteiger partial charge in [-0.15, -0.1) is 0 Å². The van der Waals surface area contributed by atoms with Crippen LogP contribution in [0.4, 0.5) is 5.82 Å². The van der Waals surface area contributed by atoms with Crippen LogP contribution in [-0.4, -0.2) is 74.9 Å². The zero-order chi connectivity index (χ0) is 27.4. The van der Waals surface area contributed by atoms with Gasteiger partial charge in [-0.2, -0.15) is 13.5 Å². The van der Waals surface area contributed by atoms with Crippen LogP contribution in [0.3, 0.4) is 0 Å². The number of nitrogens with one attached hydrogen (secondary N) is 1. The molecule has 2 aliphatic heterocycles. The second-order valence-corrected chi connectivity index (χ2v) is 10.4. The van der Waals surface area contributed by atoms with Gasteiger partial charge in [0.05, 0.1) is 23.4 Å². The highest BCUT2D eigenvalue weighted by molar-refractivity contribution is 7.59. The summed E-state index contributed by atoms with van der Waals surface area (Å²) in [5.41, 5.74) is 2.73. The summed E-state index contributed by atoms with van der Waals surface area (Å²) in [6.07, 6.45) is 5.32. The summed E-state index contributed by atoms with van der Waals surface area (Å²) in [7, 11) is 0. The van der Waals surface area contributed by atoms with Crippen molar-refractivity contribution in [3.63, 3.8) is 0 Å². The van der Waals surface area contributed by atoms with E-state index in [0.717, 1.165) is 24.1 Å². The van der Waals surface area contributed by atoms with Crippen LogP contribution in [0.2, 0.25) is 5.02 Å². The first kappa shape index (κ1) is 29.9. The molecule has 2 N–H and O–H groups in total. The lowest BCUT2D eigenvalue weighted by Crippen LogP contribution is -2.56. The Labute approximate surface area is 245 Å². The van der Waals surface area contributed by atoms with Crippen LogP contribution < -0.4 is 10.1 Å². The summed E-state index contributed by atoms with van der Waals surface area (Å²) in [5, 5.41) is 14.6. The van der Waals surface area contributed by atoms with E-state index in [2.05, 4.69) is 20.2 Å². The lowest BCUT2D eigenvalue weighted by molar-refractivity contribution is -0.132. The molecule has 1 aromatic carbocycles. The molecule has 12 heteroatoms. The molecule has 1 atom stereocenters. The minimum atomic E-state index is -0.623. The summed E-state index contributed by atoms with van der Waals surface area (Å²) < 4.78 is 11.0. The van der Waals surface area contributed by atoms with Gasteiger partial charge in [-0.3, -0.25) is 14.5 Å². The number of aromatic nitrogens is 2. The van der Waals surface area contributed by atoms with Crippen molar-refractivity contribution in [2.75, 3.05) is 31.5 Å². The van der Waals surface area contributed by atoms with Gasteiger partial charge < -0.3 is 24.5 Å². The molecule has 214 valence electrons. The predicted octanol–water partition coefficient (Wildman–Crippen LogP) is 3.44. The topological polar surface area (TPSA) is 121 Å². The maximum absolute atomic E-state index is 12.8. The van der Waals surface area contributed by atoms with Crippen LogP contribution in [0.15, 0.2) is 47.5 Å². The molecule has 0 unspecified atom stereocenters. The number of anilines is 1. The van der Waals surface area contributed by atoms with Crippen LogP contribution in [0.5, 0.6) is 5.75 Å². The van der Waals surface area contributed by atoms with E-state index >= 15 is 0 Å². The van der Waals surface area contributed by atoms with Crippen LogP contribution in [-0.2, 0) is 24.4 Å². The first-order valence-corrected chi connectivity index (χ1v) is 13.5. The highest BCUT2D eigenvalue weighted by atomic mass is 35.5. The number of hydrogen-bond donors (Lipinski definition) is 2. The molecule has 0 radical (unpaired) electrons. The molecular weight excluding hydrogens is 554 g/mol. The van der Waals surface area contributed by atoms with Crippen molar-refractivity contribution < 1.29 is 23.8 Å². The fraction of sp³-hybridized carbons (Fsp3) is 0.429. The van der Waals surface area contributed by atoms with Crippen LogP contribution in [0.1, 0.15) is 47.0 Å². The molecule has 40 heavy (non-hydrogen) atoms. The molecular formula is C28H34ClN5O5S. The number of halogens is 1. The average molecular weight is 588 g/mol. The fourth-order valence-corrected chi connectivity index (χ4v) is 5.26. The molecule has 3 aromatic rings. The van der Waals surface area contributed by atoms with E-state index < -0.39 is 6.10 Å². The first-order valence-electron chi connectivity index (χ1n) is 13.1. The quantitative estimate of drug-likeness (QED) is 0.325. The number of aliphatic hydroxyl groups excluding tert-OH is 1. The van der Waals surface area contributed by atoms with Crippen molar-refractivity contribution in [3.05, 3.63) is 70.5 Å². The summed E-state index contributed by atoms with van der Waals surface area (Å²) >= 11 is 6.63. The van der Waals surface area contributed by atoms with Gasteiger partial charge in [0.2, 0.25) is 5.91 Å². The number of ether oxygens (including phenoxy) is 1. The zero-order valence-corrected chi connectivity index (χ0v) is 24.1. The number of likely N-dealkylation sites (tertiary alicyclic amines) is 1. The third kappa shape index (κ3) is 7.34. The smallest absolute Gasteiger partial charge is 0.219 e. The Morgan fingerprint density at radius 1 is 1.30 bits per heavy atom. The van der Waals surface area contributed by atoms with Crippen LogP contribution >= 0.6 is 25.1 Å². The molecule has 0 saturated carbocycles. The number of nitrogens with zero attached hydrogens (tertiary/aromatic N) is 4. The number of hydrogen-bond acceptors (Lipinski definition) is 9. The summed E-state index contributed by atoms with van der Waals surface area (Å²) in [6, 6.07) is 7.43. The number of aliphatic hydroxyl groups is 1. The minimum absolute atomic E-state index is 0. The lowest BCUT2D eigenvalue weighted by Gasteiger charge is -2.39. The van der Waals surface area contributed by atoms with E-state index in [0.29, 0.717) is 60.5 Å². The van der Waals surface area contributed by atoms with Gasteiger partial charge in [0.15, 0.2) is 17.9 Å². The Kier molecular flexibility index (Phi) is 10.1. The summed E-state index contributed by atoms with van der Waals surface area (Å²) in [4.78, 5) is 36.3. The van der Waals surface area contributed by atoms with Crippen molar-refractivity contribution >= 4 is 42.6 Å². The molecule has 1 saturated heterocycles. The van der Waals surface area contributed by atoms with Gasteiger partial charge in [0.25, 0.3) is 0 Å². The van der Waals surface area contributed by atoms with Gasteiger partial charge in [0.1, 0.15) is 18.2 Å². The Bertz CT molecular complexity index is 1320. The molecule has 1 amide bonds. The van der Waals surface area contributed by atoms with E-state index in [9.17, 15) is 14.7 Å². The predicted molar refractivity (Wildman–Crippen MR) is 155 cm³/mol. The Morgan fingerprint density at radius 2 is 2.12 bits per heavy atom. The molecule has 4 heterocycles. The maximum Gasteiger partial charge on any atom is 0.219 e. The van der Waals surface area contributed by atoms with Gasteiger partial charge in [0, 0.05) is 57.8 Å². The van der Waals surface area contributed by atoms with Gasteiger partial charge >= 0.3 is 0 Å². The highest BCUT2D eigenvalue weighted by Crippen LogP contribution is 2.34. The number of carbonyl (C=O) groups is 2. The lowest BCUT2D eigenvalue weighted by atomic mass is 9.98. The number of rotatable bonds is 11. The van der Waals surface area contributed by atoms with E-state index in [1.165, 1.54) is 6.39 Å². The number of pyridine rings is 1. The maximum atomic E-state index is 12.8. The molecule has 2 aliphatic rings. The third-order valence-corrected chi connectivity index (χ3v) is 7.58. The van der Waals surface area contributed by atoms with Crippen molar-refractivity contribution in [2.24, 2.45) is 0 Å². The number of amides is 1. The van der Waals surface area contributed by atoms with Crippen molar-refractivity contribution in [1.29, 1.82) is 0 Å². The number of Topliss-reactive ketones (excluding diaryl/α,β-unsaturated/α-hetero) is 1. The van der Waals surface area contributed by atoms with E-state index in [1.54, 1.807) is 36.4 Å². The van der Waals surface area contributed by atoms with E-state index in [4.69, 9.17) is 20.8 Å². The molecule has 2 aromatic heterocycles. The van der Waals surface area contributed by atoms with Crippen LogP contribution in [0.25, 0.3) is 0 Å². The largest absolute Gasteiger partial charge is 0.484 e. The SMILES string of the molecule is CC(=O)N1CC(Nc2cc(C(=O)CC[C@H](O)CN3CCc4c(ccc(OCc5cnco5)c4Cl)C3)ccn2)C1.S. The van der Waals surface area contributed by atoms with Gasteiger partial charge in [-0.25, -0.2) is 9.97 Å². The Morgan fingerprint density at radius 3 is 2.88 bits per heavy atom. The number of β-amino-alcohol motifs (C(OH)–C–C–N with tert-alkyl or cyclic N) is 1. The van der Waals surface area contributed by atoms with Gasteiger partial charge in [-0.1, -0.05) is 17.7 Å². The number of fused-ring (bicyclic) bond motifs is 1. The van der Waals surface area contributed by atoms with Crippen LogP contribution in [0, 0.1) is 0 Å². The molecule has 1 fully saturated rings. The number of ketones is 1. The second-order valence-electron chi connectivity index (χ2n) is 10.1. The Balaban J connectivity index is 0.00000370. The molecule has 10 nitrogen and oxygen atoms in total. The minimum Gasteiger partial charge on any atom is -0.484 e. The number of carbonyl (C=O) groups excluding carboxylic acids is 2. The molecule has 5 rings (SSSR count). The highest BCUT2D eigenvalue weighted by Gasteiger charge is 2.28. The third-order valence-electron chi connectivity index (χ3n) is 7.16. The number of benzene rings is 1.